The number of hydrogen-bond donors (Lipinski definition) is 2. The van der Waals surface area contributed by atoms with Gasteiger partial charge in [0.05, 0.1) is 24.9 Å². The minimum Gasteiger partial charge on any atom is -0.378 e. The molecule has 4 heteroatoms. The normalized spacial score (nSPS) is 23.4. The fourth-order valence-corrected chi connectivity index (χ4v) is 1.82. The summed E-state index contributed by atoms with van der Waals surface area (Å²) in [5.41, 5.74) is 3.47. The zero-order valence-electron chi connectivity index (χ0n) is 8.05. The predicted molar refractivity (Wildman–Crippen MR) is 49.6 cm³/mol. The Bertz CT molecular complexity index is 270. The zero-order valence-corrected chi connectivity index (χ0v) is 8.05. The standard InChI is InChI=1S/C9H15N3O/c1-6-9(7(2)12-11-6)8-5-13-4-3-10-8/h8,10H,3-5H2,1-2H3,(H,11,12)/t8-/m0/s1. The third-order valence-electron chi connectivity index (χ3n) is 2.46. The van der Waals surface area contributed by atoms with Crippen LogP contribution in [-0.2, 0) is 4.74 Å². The minimum atomic E-state index is 0.312. The summed E-state index contributed by atoms with van der Waals surface area (Å²) in [4.78, 5) is 0. The van der Waals surface area contributed by atoms with Gasteiger partial charge < -0.3 is 10.1 Å². The van der Waals surface area contributed by atoms with E-state index in [1.165, 1.54) is 5.56 Å². The molecule has 0 aromatic carbocycles. The van der Waals surface area contributed by atoms with Crippen molar-refractivity contribution in [2.24, 2.45) is 0 Å². The van der Waals surface area contributed by atoms with E-state index in [0.29, 0.717) is 6.04 Å². The maximum atomic E-state index is 5.41. The summed E-state index contributed by atoms with van der Waals surface area (Å²) in [6.07, 6.45) is 0. The highest BCUT2D eigenvalue weighted by Crippen LogP contribution is 2.20. The summed E-state index contributed by atoms with van der Waals surface area (Å²) < 4.78 is 5.41. The highest BCUT2D eigenvalue weighted by Gasteiger charge is 2.20. The van der Waals surface area contributed by atoms with Crippen LogP contribution in [0.3, 0.4) is 0 Å². The Balaban J connectivity index is 2.22. The molecule has 2 heterocycles. The SMILES string of the molecule is Cc1n[nH]c(C)c1[C@@H]1COCCN1. The number of aromatic amines is 1. The lowest BCUT2D eigenvalue weighted by atomic mass is 10.1. The Kier molecular flexibility index (Phi) is 2.33. The summed E-state index contributed by atoms with van der Waals surface area (Å²) >= 11 is 0. The van der Waals surface area contributed by atoms with Crippen LogP contribution in [0.4, 0.5) is 0 Å². The number of nitrogens with one attached hydrogen (secondary N) is 2. The van der Waals surface area contributed by atoms with E-state index in [0.717, 1.165) is 31.1 Å². The summed E-state index contributed by atoms with van der Waals surface area (Å²) in [6.45, 7) is 6.56. The third-order valence-corrected chi connectivity index (χ3v) is 2.46. The Labute approximate surface area is 77.7 Å². The van der Waals surface area contributed by atoms with Crippen molar-refractivity contribution in [1.29, 1.82) is 0 Å². The number of hydrogen-bond acceptors (Lipinski definition) is 3. The average molecular weight is 181 g/mol. The van der Waals surface area contributed by atoms with E-state index >= 15 is 0 Å². The second-order valence-corrected chi connectivity index (χ2v) is 3.43. The number of ether oxygens (including phenoxy) is 1. The molecule has 1 fully saturated rings. The van der Waals surface area contributed by atoms with Gasteiger partial charge in [-0.25, -0.2) is 0 Å². The highest BCUT2D eigenvalue weighted by atomic mass is 16.5. The number of nitrogens with zero attached hydrogens (tertiary/aromatic N) is 1. The Morgan fingerprint density at radius 3 is 2.85 bits per heavy atom. The Morgan fingerprint density at radius 2 is 2.31 bits per heavy atom. The van der Waals surface area contributed by atoms with Gasteiger partial charge in [-0.05, 0) is 13.8 Å². The largest absolute Gasteiger partial charge is 0.378 e. The minimum absolute atomic E-state index is 0.312. The molecule has 1 atom stereocenters. The van der Waals surface area contributed by atoms with Gasteiger partial charge in [0.25, 0.3) is 0 Å². The summed E-state index contributed by atoms with van der Waals surface area (Å²) in [5, 5.41) is 10.6. The molecule has 0 radical (unpaired) electrons. The van der Waals surface area contributed by atoms with Gasteiger partial charge in [-0.1, -0.05) is 0 Å². The molecule has 2 N–H and O–H groups in total. The van der Waals surface area contributed by atoms with Crippen molar-refractivity contribution in [1.82, 2.24) is 15.5 Å². The number of morpholine rings is 1. The molecule has 1 saturated heterocycles. The first kappa shape index (κ1) is 8.72. The molecule has 0 bridgehead atoms. The smallest absolute Gasteiger partial charge is 0.0663 e. The fraction of sp³-hybridized carbons (Fsp3) is 0.667. The van der Waals surface area contributed by atoms with Gasteiger partial charge >= 0.3 is 0 Å². The number of rotatable bonds is 1. The van der Waals surface area contributed by atoms with Crippen molar-refractivity contribution in [2.45, 2.75) is 19.9 Å². The number of aromatic nitrogens is 2. The van der Waals surface area contributed by atoms with Crippen molar-refractivity contribution in [3.8, 4) is 0 Å². The van der Waals surface area contributed by atoms with Gasteiger partial charge in [0.1, 0.15) is 0 Å². The van der Waals surface area contributed by atoms with Crippen LogP contribution in [0.1, 0.15) is 23.0 Å². The van der Waals surface area contributed by atoms with Gasteiger partial charge in [-0.2, -0.15) is 5.10 Å². The molecule has 2 rings (SSSR count). The van der Waals surface area contributed by atoms with Crippen molar-refractivity contribution in [3.05, 3.63) is 17.0 Å². The van der Waals surface area contributed by atoms with Crippen LogP contribution in [-0.4, -0.2) is 30.0 Å². The average Bonchev–Trinajstić information content (AvgIpc) is 2.48. The first-order valence-corrected chi connectivity index (χ1v) is 4.61. The van der Waals surface area contributed by atoms with Gasteiger partial charge in [0.15, 0.2) is 0 Å². The summed E-state index contributed by atoms with van der Waals surface area (Å²) in [7, 11) is 0. The van der Waals surface area contributed by atoms with Crippen LogP contribution < -0.4 is 5.32 Å². The molecule has 0 saturated carbocycles. The molecule has 1 aromatic heterocycles. The summed E-state index contributed by atoms with van der Waals surface area (Å²) in [6, 6.07) is 0.312. The molecule has 1 aromatic rings. The van der Waals surface area contributed by atoms with E-state index < -0.39 is 0 Å². The van der Waals surface area contributed by atoms with Crippen molar-refractivity contribution < 1.29 is 4.74 Å². The molecular formula is C9H15N3O. The molecule has 0 amide bonds. The molecular weight excluding hydrogens is 166 g/mol. The van der Waals surface area contributed by atoms with E-state index in [-0.39, 0.29) is 0 Å². The molecule has 0 spiro atoms. The van der Waals surface area contributed by atoms with Crippen molar-refractivity contribution in [2.75, 3.05) is 19.8 Å². The van der Waals surface area contributed by atoms with Gasteiger partial charge in [-0.3, -0.25) is 5.10 Å². The molecule has 0 aliphatic carbocycles. The van der Waals surface area contributed by atoms with E-state index in [9.17, 15) is 0 Å². The van der Waals surface area contributed by atoms with E-state index in [2.05, 4.69) is 15.5 Å². The van der Waals surface area contributed by atoms with Crippen molar-refractivity contribution >= 4 is 0 Å². The lowest BCUT2D eigenvalue weighted by molar-refractivity contribution is 0.0765. The first-order chi connectivity index (χ1) is 6.29. The van der Waals surface area contributed by atoms with Gasteiger partial charge in [0.2, 0.25) is 0 Å². The second kappa shape index (κ2) is 3.47. The fourth-order valence-electron chi connectivity index (χ4n) is 1.82. The molecule has 1 aliphatic heterocycles. The van der Waals surface area contributed by atoms with E-state index in [1.807, 2.05) is 13.8 Å². The Hall–Kier alpha value is -0.870. The number of H-pyrrole nitrogens is 1. The monoisotopic (exact) mass is 181 g/mol. The topological polar surface area (TPSA) is 49.9 Å². The molecule has 72 valence electrons. The lowest BCUT2D eigenvalue weighted by Crippen LogP contribution is -2.35. The first-order valence-electron chi connectivity index (χ1n) is 4.61. The van der Waals surface area contributed by atoms with Crippen LogP contribution in [0, 0.1) is 13.8 Å². The van der Waals surface area contributed by atoms with E-state index in [4.69, 9.17) is 4.74 Å². The third kappa shape index (κ3) is 1.59. The van der Waals surface area contributed by atoms with Crippen molar-refractivity contribution in [3.63, 3.8) is 0 Å². The molecule has 1 aliphatic rings. The quantitative estimate of drug-likeness (QED) is 0.670. The van der Waals surface area contributed by atoms with Crippen LogP contribution in [0.5, 0.6) is 0 Å². The van der Waals surface area contributed by atoms with E-state index in [1.54, 1.807) is 0 Å². The van der Waals surface area contributed by atoms with Crippen LogP contribution >= 0.6 is 0 Å². The summed E-state index contributed by atoms with van der Waals surface area (Å²) in [5.74, 6) is 0. The maximum absolute atomic E-state index is 5.41. The zero-order chi connectivity index (χ0) is 9.26. The lowest BCUT2D eigenvalue weighted by Gasteiger charge is -2.24. The predicted octanol–water partition coefficient (Wildman–Crippen LogP) is 0.687. The maximum Gasteiger partial charge on any atom is 0.0663 e. The van der Waals surface area contributed by atoms with Gasteiger partial charge in [0, 0.05) is 17.8 Å². The molecule has 4 nitrogen and oxygen atoms in total. The van der Waals surface area contributed by atoms with Gasteiger partial charge in [-0.15, -0.1) is 0 Å². The second-order valence-electron chi connectivity index (χ2n) is 3.43. The van der Waals surface area contributed by atoms with Crippen LogP contribution in [0.15, 0.2) is 0 Å². The Morgan fingerprint density at radius 1 is 1.46 bits per heavy atom. The van der Waals surface area contributed by atoms with Crippen LogP contribution in [0.25, 0.3) is 0 Å². The van der Waals surface area contributed by atoms with Crippen LogP contribution in [0.2, 0.25) is 0 Å². The number of aryl methyl sites for hydroxylation is 2. The molecule has 0 unspecified atom stereocenters. The highest BCUT2D eigenvalue weighted by molar-refractivity contribution is 5.27. The molecule has 13 heavy (non-hydrogen) atoms.